The molecule has 0 aliphatic carbocycles. The quantitative estimate of drug-likeness (QED) is 0.411. The number of nitrogens with zero attached hydrogens (tertiary/aromatic N) is 1. The fourth-order valence-electron chi connectivity index (χ4n) is 2.68. The third-order valence-corrected chi connectivity index (χ3v) is 6.50. The van der Waals surface area contributed by atoms with E-state index in [0.29, 0.717) is 5.92 Å². The van der Waals surface area contributed by atoms with Crippen LogP contribution in [0.1, 0.15) is 26.7 Å². The standard InChI is InChI=1S/C14H29NO2SSi/c1-12(11-19(4,5)6)8-7-9-13(2)14-10-15(14)18(3,16)17/h8,13-14H,7,9-11H2,1-6H3/b12-8+/t13-,14-,15?/m0/s1. The lowest BCUT2D eigenvalue weighted by atomic mass is 10.0. The molecule has 3 atom stereocenters. The summed E-state index contributed by atoms with van der Waals surface area (Å²) in [4.78, 5) is 0. The van der Waals surface area contributed by atoms with Gasteiger partial charge >= 0.3 is 0 Å². The van der Waals surface area contributed by atoms with E-state index in [9.17, 15) is 8.42 Å². The Morgan fingerprint density at radius 3 is 2.42 bits per heavy atom. The predicted octanol–water partition coefficient (Wildman–Crippen LogP) is 3.33. The van der Waals surface area contributed by atoms with Crippen molar-refractivity contribution in [2.24, 2.45) is 5.92 Å². The number of sulfonamides is 1. The molecule has 1 aliphatic rings. The second-order valence-electron chi connectivity index (χ2n) is 7.24. The lowest BCUT2D eigenvalue weighted by Crippen LogP contribution is -2.19. The topological polar surface area (TPSA) is 37.1 Å². The Morgan fingerprint density at radius 1 is 1.42 bits per heavy atom. The van der Waals surface area contributed by atoms with E-state index in [4.69, 9.17) is 0 Å². The van der Waals surface area contributed by atoms with Crippen LogP contribution >= 0.6 is 0 Å². The second-order valence-corrected chi connectivity index (χ2v) is 14.7. The van der Waals surface area contributed by atoms with Crippen LogP contribution in [0.2, 0.25) is 25.7 Å². The van der Waals surface area contributed by atoms with Crippen molar-refractivity contribution >= 4 is 18.1 Å². The van der Waals surface area contributed by atoms with Gasteiger partial charge in [-0.05, 0) is 31.7 Å². The summed E-state index contributed by atoms with van der Waals surface area (Å²) < 4.78 is 24.3. The summed E-state index contributed by atoms with van der Waals surface area (Å²) in [6, 6.07) is 1.51. The third kappa shape index (κ3) is 6.23. The van der Waals surface area contributed by atoms with Crippen LogP contribution in [0.3, 0.4) is 0 Å². The molecule has 1 heterocycles. The molecule has 0 bridgehead atoms. The van der Waals surface area contributed by atoms with Crippen molar-refractivity contribution in [1.82, 2.24) is 4.31 Å². The molecule has 0 aromatic heterocycles. The minimum absolute atomic E-state index is 0.251. The van der Waals surface area contributed by atoms with E-state index < -0.39 is 18.1 Å². The number of hydrogen-bond donors (Lipinski definition) is 0. The van der Waals surface area contributed by atoms with Gasteiger partial charge in [-0.2, -0.15) is 4.31 Å². The van der Waals surface area contributed by atoms with Crippen LogP contribution in [0.25, 0.3) is 0 Å². The molecule has 1 saturated heterocycles. The molecule has 0 aromatic rings. The Balaban J connectivity index is 2.33. The largest absolute Gasteiger partial charge is 0.212 e. The maximum Gasteiger partial charge on any atom is 0.211 e. The highest BCUT2D eigenvalue weighted by Gasteiger charge is 2.44. The van der Waals surface area contributed by atoms with Crippen molar-refractivity contribution in [3.05, 3.63) is 11.6 Å². The molecular formula is C14H29NO2SSi. The first-order valence-corrected chi connectivity index (χ1v) is 12.7. The first kappa shape index (κ1) is 16.9. The van der Waals surface area contributed by atoms with Crippen molar-refractivity contribution in [2.45, 2.75) is 58.4 Å². The van der Waals surface area contributed by atoms with Gasteiger partial charge in [-0.25, -0.2) is 8.42 Å². The highest BCUT2D eigenvalue weighted by molar-refractivity contribution is 7.88. The molecule has 0 saturated carbocycles. The fraction of sp³-hybridized carbons (Fsp3) is 0.857. The molecule has 3 nitrogen and oxygen atoms in total. The summed E-state index contributed by atoms with van der Waals surface area (Å²) in [6.07, 6.45) is 5.81. The molecule has 1 fully saturated rings. The minimum Gasteiger partial charge on any atom is -0.212 e. The number of rotatable bonds is 7. The minimum atomic E-state index is -2.97. The van der Waals surface area contributed by atoms with Gasteiger partial charge in [0.15, 0.2) is 0 Å². The van der Waals surface area contributed by atoms with Crippen molar-refractivity contribution in [2.75, 3.05) is 12.8 Å². The third-order valence-electron chi connectivity index (χ3n) is 3.61. The van der Waals surface area contributed by atoms with E-state index in [1.54, 1.807) is 4.31 Å². The Hall–Kier alpha value is -0.133. The molecule has 112 valence electrons. The second kappa shape index (κ2) is 6.10. The lowest BCUT2D eigenvalue weighted by Gasteiger charge is -2.16. The van der Waals surface area contributed by atoms with E-state index in [1.165, 1.54) is 17.9 Å². The van der Waals surface area contributed by atoms with Gasteiger partial charge in [-0.15, -0.1) is 0 Å². The molecule has 1 aliphatic heterocycles. The van der Waals surface area contributed by atoms with Gasteiger partial charge in [0.25, 0.3) is 0 Å². The van der Waals surface area contributed by atoms with Gasteiger partial charge in [-0.1, -0.05) is 38.2 Å². The maximum absolute atomic E-state index is 11.4. The molecular weight excluding hydrogens is 274 g/mol. The van der Waals surface area contributed by atoms with E-state index in [-0.39, 0.29) is 6.04 Å². The highest BCUT2D eigenvalue weighted by Crippen LogP contribution is 2.31. The highest BCUT2D eigenvalue weighted by atomic mass is 32.2. The Kier molecular flexibility index (Phi) is 5.43. The van der Waals surface area contributed by atoms with E-state index in [0.717, 1.165) is 19.4 Å². The SMILES string of the molecule is C/C(=C\CC[C@H](C)[C@@H]1CN1S(C)(=O)=O)C[Si](C)(C)C. The summed E-state index contributed by atoms with van der Waals surface area (Å²) in [5.74, 6) is 0.464. The van der Waals surface area contributed by atoms with Crippen LogP contribution in [0, 0.1) is 5.92 Å². The average molecular weight is 304 g/mol. The summed E-state index contributed by atoms with van der Waals surface area (Å²) in [7, 11) is -3.96. The van der Waals surface area contributed by atoms with Crippen molar-refractivity contribution in [3.63, 3.8) is 0 Å². The van der Waals surface area contributed by atoms with E-state index >= 15 is 0 Å². The Labute approximate surface area is 120 Å². The lowest BCUT2D eigenvalue weighted by molar-refractivity contribution is 0.475. The number of hydrogen-bond acceptors (Lipinski definition) is 2. The average Bonchev–Trinajstić information content (AvgIpc) is 2.92. The van der Waals surface area contributed by atoms with Crippen LogP contribution in [0.5, 0.6) is 0 Å². The Bertz CT molecular complexity index is 437. The van der Waals surface area contributed by atoms with Crippen LogP contribution in [0.4, 0.5) is 0 Å². The smallest absolute Gasteiger partial charge is 0.211 e. The predicted molar refractivity (Wildman–Crippen MR) is 85.6 cm³/mol. The van der Waals surface area contributed by atoms with Crippen molar-refractivity contribution < 1.29 is 8.42 Å². The molecule has 1 unspecified atom stereocenters. The van der Waals surface area contributed by atoms with Gasteiger partial charge < -0.3 is 0 Å². The van der Waals surface area contributed by atoms with Gasteiger partial charge in [-0.3, -0.25) is 0 Å². The first-order valence-electron chi connectivity index (χ1n) is 7.13. The first-order chi connectivity index (χ1) is 8.50. The van der Waals surface area contributed by atoms with Crippen LogP contribution < -0.4 is 0 Å². The maximum atomic E-state index is 11.4. The van der Waals surface area contributed by atoms with Crippen LogP contribution in [0.15, 0.2) is 11.6 Å². The van der Waals surface area contributed by atoms with Crippen LogP contribution in [-0.2, 0) is 10.0 Å². The van der Waals surface area contributed by atoms with E-state index in [2.05, 4.69) is 39.6 Å². The summed E-state index contributed by atoms with van der Waals surface area (Å²) in [5, 5.41) is 0. The van der Waals surface area contributed by atoms with E-state index in [1.807, 2.05) is 0 Å². The van der Waals surface area contributed by atoms with Gasteiger partial charge in [0.1, 0.15) is 0 Å². The molecule has 0 amide bonds. The zero-order chi connectivity index (χ0) is 14.8. The van der Waals surface area contributed by atoms with Gasteiger partial charge in [0.2, 0.25) is 10.0 Å². The molecule has 5 heteroatoms. The molecule has 0 radical (unpaired) electrons. The van der Waals surface area contributed by atoms with Crippen LogP contribution in [-0.4, -0.2) is 39.6 Å². The molecule has 0 N–H and O–H groups in total. The summed E-state index contributed by atoms with van der Waals surface area (Å²) in [6.45, 7) is 12.3. The van der Waals surface area contributed by atoms with Crippen molar-refractivity contribution in [3.8, 4) is 0 Å². The number of allylic oxidation sites excluding steroid dienone is 2. The fourth-order valence-corrected chi connectivity index (χ4v) is 5.62. The normalized spacial score (nSPS) is 26.3. The molecule has 19 heavy (non-hydrogen) atoms. The molecule has 0 aromatic carbocycles. The molecule has 1 rings (SSSR count). The Morgan fingerprint density at radius 2 is 2.00 bits per heavy atom. The zero-order valence-electron chi connectivity index (χ0n) is 13.2. The summed E-state index contributed by atoms with van der Waals surface area (Å²) in [5.41, 5.74) is 1.50. The monoisotopic (exact) mass is 303 g/mol. The zero-order valence-corrected chi connectivity index (χ0v) is 15.0. The van der Waals surface area contributed by atoms with Gasteiger partial charge in [0.05, 0.1) is 6.26 Å². The van der Waals surface area contributed by atoms with Crippen molar-refractivity contribution in [1.29, 1.82) is 0 Å². The van der Waals surface area contributed by atoms with Gasteiger partial charge in [0, 0.05) is 20.7 Å². The molecule has 0 spiro atoms. The summed E-state index contributed by atoms with van der Waals surface area (Å²) >= 11 is 0.